The molecule has 0 amide bonds. The molecule has 0 saturated heterocycles. The first-order valence-corrected chi connectivity index (χ1v) is 35.4. The summed E-state index contributed by atoms with van der Waals surface area (Å²) in [5.74, 6) is -0.858. The summed E-state index contributed by atoms with van der Waals surface area (Å²) in [6.07, 6.45) is 90.7. The van der Waals surface area contributed by atoms with Crippen LogP contribution in [-0.4, -0.2) is 37.2 Å². The van der Waals surface area contributed by atoms with Gasteiger partial charge in [0.15, 0.2) is 6.10 Å². The minimum absolute atomic E-state index is 0.0728. The maximum atomic E-state index is 12.9. The van der Waals surface area contributed by atoms with E-state index >= 15 is 0 Å². The van der Waals surface area contributed by atoms with E-state index < -0.39 is 6.10 Å². The molecule has 0 aromatic rings. The summed E-state index contributed by atoms with van der Waals surface area (Å²) < 4.78 is 17.0. The lowest BCUT2D eigenvalue weighted by molar-refractivity contribution is -0.167. The van der Waals surface area contributed by atoms with Gasteiger partial charge in [0.1, 0.15) is 13.2 Å². The predicted molar refractivity (Wildman–Crippen MR) is 353 cm³/mol. The van der Waals surface area contributed by atoms with Crippen LogP contribution in [0.4, 0.5) is 0 Å². The molecule has 0 spiro atoms. The van der Waals surface area contributed by atoms with Crippen molar-refractivity contribution in [1.82, 2.24) is 0 Å². The highest BCUT2D eigenvalue weighted by molar-refractivity contribution is 5.71. The molecule has 0 saturated carbocycles. The minimum atomic E-state index is -0.778. The average Bonchev–Trinajstić information content (AvgIpc) is 3.47. The number of carbonyl (C=O) groups is 3. The van der Waals surface area contributed by atoms with Crippen LogP contribution in [0.25, 0.3) is 0 Å². The van der Waals surface area contributed by atoms with Crippen LogP contribution in [0.5, 0.6) is 0 Å². The van der Waals surface area contributed by atoms with Crippen molar-refractivity contribution < 1.29 is 28.6 Å². The van der Waals surface area contributed by atoms with Gasteiger partial charge in [-0.1, -0.05) is 331 Å². The van der Waals surface area contributed by atoms with Crippen LogP contribution in [0, 0.1) is 0 Å². The van der Waals surface area contributed by atoms with Gasteiger partial charge in [-0.2, -0.15) is 0 Å². The molecule has 0 aliphatic rings. The summed E-state index contributed by atoms with van der Waals surface area (Å²) >= 11 is 0. The lowest BCUT2D eigenvalue weighted by atomic mass is 10.0. The molecule has 0 aliphatic carbocycles. The molecule has 0 aromatic carbocycles. The Morgan fingerprint density at radius 3 is 0.765 bits per heavy atom. The van der Waals surface area contributed by atoms with E-state index in [-0.39, 0.29) is 31.1 Å². The summed E-state index contributed by atoms with van der Waals surface area (Å²) in [5, 5.41) is 0. The molecule has 0 bridgehead atoms. The Morgan fingerprint density at radius 1 is 0.259 bits per heavy atom. The zero-order chi connectivity index (χ0) is 58.5. The Morgan fingerprint density at radius 2 is 0.481 bits per heavy atom. The van der Waals surface area contributed by atoms with Crippen molar-refractivity contribution in [3.05, 3.63) is 72.9 Å². The van der Waals surface area contributed by atoms with Gasteiger partial charge in [0, 0.05) is 19.3 Å². The number of rotatable bonds is 65. The number of carbonyl (C=O) groups excluding carboxylic acids is 3. The molecule has 6 heteroatoms. The van der Waals surface area contributed by atoms with Gasteiger partial charge in [-0.05, 0) is 89.9 Å². The molecule has 81 heavy (non-hydrogen) atoms. The Kier molecular flexibility index (Phi) is 66.6. The molecular formula is C75H134O6. The van der Waals surface area contributed by atoms with Gasteiger partial charge < -0.3 is 14.2 Å². The van der Waals surface area contributed by atoms with Gasteiger partial charge in [-0.15, -0.1) is 0 Å². The standard InChI is InChI=1S/C75H134O6/c1-4-7-10-13-16-19-22-25-28-31-32-33-34-35-36-37-38-39-40-41-42-43-44-45-48-50-53-56-59-62-65-68-74(77)80-71-72(81-75(78)69-66-63-60-57-54-51-47-30-27-24-21-18-15-12-9-6-3)70-79-73(76)67-64-61-58-55-52-49-46-29-26-23-20-17-14-11-8-5-2/h7,10,16,19,25,28,30,32-33,35-36,47,72H,4-6,8-9,11-15,17-18,20-24,26-27,29,31,34,37-46,48-71H2,1-3H3/b10-7-,19-16-,28-25-,33-32-,36-35-,47-30-. The summed E-state index contributed by atoms with van der Waals surface area (Å²) in [6.45, 7) is 6.58. The van der Waals surface area contributed by atoms with E-state index in [0.717, 1.165) is 96.3 Å². The second-order valence-corrected chi connectivity index (χ2v) is 23.8. The van der Waals surface area contributed by atoms with E-state index in [4.69, 9.17) is 14.2 Å². The van der Waals surface area contributed by atoms with Crippen LogP contribution in [0.3, 0.4) is 0 Å². The van der Waals surface area contributed by atoms with E-state index in [9.17, 15) is 14.4 Å². The maximum Gasteiger partial charge on any atom is 0.306 e. The van der Waals surface area contributed by atoms with Crippen LogP contribution in [-0.2, 0) is 28.6 Å². The summed E-state index contributed by atoms with van der Waals surface area (Å²) in [5.41, 5.74) is 0. The number of hydrogen-bond acceptors (Lipinski definition) is 6. The highest BCUT2D eigenvalue weighted by Gasteiger charge is 2.19. The molecule has 0 fully saturated rings. The van der Waals surface area contributed by atoms with Crippen LogP contribution in [0.2, 0.25) is 0 Å². The maximum absolute atomic E-state index is 12.9. The third kappa shape index (κ3) is 67.5. The van der Waals surface area contributed by atoms with E-state index in [1.54, 1.807) is 0 Å². The lowest BCUT2D eigenvalue weighted by Crippen LogP contribution is -2.30. The molecule has 1 unspecified atom stereocenters. The van der Waals surface area contributed by atoms with E-state index in [1.807, 2.05) is 0 Å². The van der Waals surface area contributed by atoms with Gasteiger partial charge in [0.2, 0.25) is 0 Å². The van der Waals surface area contributed by atoms with Crippen molar-refractivity contribution in [2.75, 3.05) is 13.2 Å². The fourth-order valence-electron chi connectivity index (χ4n) is 10.4. The largest absolute Gasteiger partial charge is 0.462 e. The Labute approximate surface area is 503 Å². The van der Waals surface area contributed by atoms with Crippen molar-refractivity contribution in [2.45, 2.75) is 374 Å². The Hall–Kier alpha value is -3.15. The van der Waals surface area contributed by atoms with Gasteiger partial charge in [-0.3, -0.25) is 14.4 Å². The van der Waals surface area contributed by atoms with E-state index in [2.05, 4.69) is 93.7 Å². The topological polar surface area (TPSA) is 78.9 Å². The molecule has 0 rings (SSSR count). The van der Waals surface area contributed by atoms with Crippen LogP contribution < -0.4 is 0 Å². The summed E-state index contributed by atoms with van der Waals surface area (Å²) in [6, 6.07) is 0. The van der Waals surface area contributed by atoms with E-state index in [1.165, 1.54) is 231 Å². The fourth-order valence-corrected chi connectivity index (χ4v) is 10.4. The number of allylic oxidation sites excluding steroid dienone is 12. The van der Waals surface area contributed by atoms with Gasteiger partial charge in [-0.25, -0.2) is 0 Å². The first kappa shape index (κ1) is 77.9. The normalized spacial score (nSPS) is 12.5. The molecule has 0 N–H and O–H groups in total. The van der Waals surface area contributed by atoms with E-state index in [0.29, 0.717) is 19.3 Å². The van der Waals surface area contributed by atoms with Crippen molar-refractivity contribution in [3.8, 4) is 0 Å². The molecule has 0 radical (unpaired) electrons. The SMILES string of the molecule is CC/C=C\C/C=C\C/C=C\C/C=C\C/C=C\CCCCCCCCCCCCCCCCCC(=O)OCC(COC(=O)CCCCCCCCCCCCCCCCCC)OC(=O)CCCCCCC/C=C\CCCCCCCCC. The lowest BCUT2D eigenvalue weighted by Gasteiger charge is -2.18. The monoisotopic (exact) mass is 1130 g/mol. The highest BCUT2D eigenvalue weighted by Crippen LogP contribution is 2.18. The smallest absolute Gasteiger partial charge is 0.306 e. The Balaban J connectivity index is 4.22. The molecule has 0 aliphatic heterocycles. The molecule has 6 nitrogen and oxygen atoms in total. The summed E-state index contributed by atoms with van der Waals surface area (Å²) in [4.78, 5) is 38.4. The molecule has 1 atom stereocenters. The van der Waals surface area contributed by atoms with Crippen molar-refractivity contribution in [1.29, 1.82) is 0 Å². The van der Waals surface area contributed by atoms with Crippen molar-refractivity contribution >= 4 is 17.9 Å². The van der Waals surface area contributed by atoms with Gasteiger partial charge in [0.25, 0.3) is 0 Å². The van der Waals surface area contributed by atoms with Crippen LogP contribution in [0.1, 0.15) is 367 Å². The quantitative estimate of drug-likeness (QED) is 0.0261. The molecule has 470 valence electrons. The zero-order valence-corrected chi connectivity index (χ0v) is 54.1. The number of unbranched alkanes of at least 4 members (excludes halogenated alkanes) is 42. The third-order valence-corrected chi connectivity index (χ3v) is 15.7. The van der Waals surface area contributed by atoms with Crippen molar-refractivity contribution in [3.63, 3.8) is 0 Å². The average molecular weight is 1130 g/mol. The molecule has 0 heterocycles. The van der Waals surface area contributed by atoms with Crippen LogP contribution >= 0.6 is 0 Å². The third-order valence-electron chi connectivity index (χ3n) is 15.7. The number of hydrogen-bond donors (Lipinski definition) is 0. The number of ether oxygens (including phenoxy) is 3. The van der Waals surface area contributed by atoms with Crippen molar-refractivity contribution in [2.24, 2.45) is 0 Å². The molecular weight excluding hydrogens is 997 g/mol. The summed E-state index contributed by atoms with van der Waals surface area (Å²) in [7, 11) is 0. The Bertz CT molecular complexity index is 1490. The van der Waals surface area contributed by atoms with Crippen LogP contribution in [0.15, 0.2) is 72.9 Å². The molecule has 0 aromatic heterocycles. The predicted octanol–water partition coefficient (Wildman–Crippen LogP) is 24.4. The zero-order valence-electron chi connectivity index (χ0n) is 54.1. The minimum Gasteiger partial charge on any atom is -0.462 e. The first-order chi connectivity index (χ1) is 40.0. The number of esters is 3. The highest BCUT2D eigenvalue weighted by atomic mass is 16.6. The second kappa shape index (κ2) is 69.3. The fraction of sp³-hybridized carbons (Fsp3) is 0.800. The van der Waals surface area contributed by atoms with Gasteiger partial charge >= 0.3 is 17.9 Å². The van der Waals surface area contributed by atoms with Gasteiger partial charge in [0.05, 0.1) is 0 Å². The second-order valence-electron chi connectivity index (χ2n) is 23.8. The first-order valence-electron chi connectivity index (χ1n) is 35.4.